The minimum Gasteiger partial charge on any atom is -0.335 e. The highest BCUT2D eigenvalue weighted by molar-refractivity contribution is 5.74. The van der Waals surface area contributed by atoms with Crippen molar-refractivity contribution in [2.75, 3.05) is 7.05 Å². The number of nitriles is 1. The molecule has 4 heteroatoms. The van der Waals surface area contributed by atoms with Gasteiger partial charge in [-0.25, -0.2) is 4.79 Å². The zero-order chi connectivity index (χ0) is 15.2. The third-order valence-corrected chi connectivity index (χ3v) is 4.09. The summed E-state index contributed by atoms with van der Waals surface area (Å²) < 4.78 is 0. The number of rotatable bonds is 3. The van der Waals surface area contributed by atoms with Crippen molar-refractivity contribution in [2.24, 2.45) is 5.92 Å². The first-order valence-electron chi connectivity index (χ1n) is 7.59. The van der Waals surface area contributed by atoms with Crippen molar-refractivity contribution in [1.82, 2.24) is 10.2 Å². The van der Waals surface area contributed by atoms with Crippen LogP contribution in [0.5, 0.6) is 0 Å². The molecular weight excluding hydrogens is 262 g/mol. The largest absolute Gasteiger partial charge is 0.335 e. The van der Waals surface area contributed by atoms with E-state index in [9.17, 15) is 4.79 Å². The Morgan fingerprint density at radius 2 is 2.29 bits per heavy atom. The van der Waals surface area contributed by atoms with Crippen LogP contribution >= 0.6 is 0 Å². The van der Waals surface area contributed by atoms with Crippen molar-refractivity contribution in [3.05, 3.63) is 35.4 Å². The number of urea groups is 1. The number of benzene rings is 1. The third kappa shape index (κ3) is 4.49. The molecule has 1 aliphatic carbocycles. The molecule has 1 saturated carbocycles. The zero-order valence-corrected chi connectivity index (χ0v) is 12.8. The number of nitrogens with one attached hydrogen (secondary N) is 1. The lowest BCUT2D eigenvalue weighted by molar-refractivity contribution is 0.195. The van der Waals surface area contributed by atoms with Gasteiger partial charge in [0.1, 0.15) is 0 Å². The van der Waals surface area contributed by atoms with Crippen molar-refractivity contribution in [1.29, 1.82) is 5.26 Å². The number of carbonyl (C=O) groups excluding carboxylic acids is 1. The average molecular weight is 285 g/mol. The Balaban J connectivity index is 1.88. The number of nitrogens with zero attached hydrogens (tertiary/aromatic N) is 2. The van der Waals surface area contributed by atoms with Crippen molar-refractivity contribution in [3.8, 4) is 6.07 Å². The molecule has 0 aliphatic heterocycles. The Kier molecular flexibility index (Phi) is 5.21. The van der Waals surface area contributed by atoms with Crippen molar-refractivity contribution >= 4 is 6.03 Å². The molecule has 1 fully saturated rings. The first kappa shape index (κ1) is 15.4. The second-order valence-electron chi connectivity index (χ2n) is 6.09. The molecule has 21 heavy (non-hydrogen) atoms. The molecule has 1 aliphatic rings. The minimum absolute atomic E-state index is 0.0311. The molecular formula is C17H23N3O. The third-order valence-electron chi connectivity index (χ3n) is 4.09. The second-order valence-corrected chi connectivity index (χ2v) is 6.09. The first-order chi connectivity index (χ1) is 10.1. The average Bonchev–Trinajstić information content (AvgIpc) is 2.47. The quantitative estimate of drug-likeness (QED) is 0.926. The van der Waals surface area contributed by atoms with E-state index in [1.807, 2.05) is 18.2 Å². The van der Waals surface area contributed by atoms with Gasteiger partial charge < -0.3 is 10.2 Å². The summed E-state index contributed by atoms with van der Waals surface area (Å²) in [5, 5.41) is 12.0. The van der Waals surface area contributed by atoms with E-state index in [-0.39, 0.29) is 6.03 Å². The maximum atomic E-state index is 12.2. The highest BCUT2D eigenvalue weighted by atomic mass is 16.2. The Bertz CT molecular complexity index is 535. The van der Waals surface area contributed by atoms with E-state index >= 15 is 0 Å². The fraction of sp³-hybridized carbons (Fsp3) is 0.529. The monoisotopic (exact) mass is 285 g/mol. The topological polar surface area (TPSA) is 56.1 Å². The van der Waals surface area contributed by atoms with Gasteiger partial charge >= 0.3 is 6.03 Å². The van der Waals surface area contributed by atoms with Crippen molar-refractivity contribution in [2.45, 2.75) is 45.2 Å². The van der Waals surface area contributed by atoms with E-state index in [0.717, 1.165) is 18.4 Å². The standard InChI is InChI=1S/C17H23N3O/c1-13-5-3-8-16(9-13)19-17(21)20(2)12-15-7-4-6-14(10-15)11-18/h4,6-7,10,13,16H,3,5,8-9,12H2,1-2H3,(H,19,21). The highest BCUT2D eigenvalue weighted by Gasteiger charge is 2.21. The summed E-state index contributed by atoms with van der Waals surface area (Å²) in [4.78, 5) is 13.9. The number of hydrogen-bond acceptors (Lipinski definition) is 2. The molecule has 1 aromatic rings. The fourth-order valence-corrected chi connectivity index (χ4v) is 2.93. The molecule has 0 heterocycles. The molecule has 4 nitrogen and oxygen atoms in total. The lowest BCUT2D eigenvalue weighted by Gasteiger charge is -2.29. The van der Waals surface area contributed by atoms with Gasteiger partial charge in [0.25, 0.3) is 0 Å². The molecule has 0 aromatic heterocycles. The summed E-state index contributed by atoms with van der Waals surface area (Å²) >= 11 is 0. The van der Waals surface area contributed by atoms with Crippen LogP contribution in [-0.2, 0) is 6.54 Å². The van der Waals surface area contributed by atoms with Crippen LogP contribution in [0.25, 0.3) is 0 Å². The predicted molar refractivity (Wildman–Crippen MR) is 82.6 cm³/mol. The molecule has 0 saturated heterocycles. The Morgan fingerprint density at radius 1 is 1.48 bits per heavy atom. The normalized spacial score (nSPS) is 21.4. The van der Waals surface area contributed by atoms with E-state index in [2.05, 4.69) is 18.3 Å². The van der Waals surface area contributed by atoms with Crippen molar-refractivity contribution < 1.29 is 4.79 Å². The van der Waals surface area contributed by atoms with Crippen molar-refractivity contribution in [3.63, 3.8) is 0 Å². The molecule has 0 radical (unpaired) electrons. The van der Waals surface area contributed by atoms with Crippen LogP contribution in [0.2, 0.25) is 0 Å². The summed E-state index contributed by atoms with van der Waals surface area (Å²) in [5.41, 5.74) is 1.60. The van der Waals surface area contributed by atoms with Gasteiger partial charge in [-0.15, -0.1) is 0 Å². The van der Waals surface area contributed by atoms with Crippen LogP contribution in [0.15, 0.2) is 24.3 Å². The van der Waals surface area contributed by atoms with Gasteiger partial charge in [-0.1, -0.05) is 31.9 Å². The molecule has 0 bridgehead atoms. The van der Waals surface area contributed by atoms with Crippen LogP contribution < -0.4 is 5.32 Å². The Labute approximate surface area is 126 Å². The van der Waals surface area contributed by atoms with E-state index in [0.29, 0.717) is 24.1 Å². The lowest BCUT2D eigenvalue weighted by Crippen LogP contribution is -2.44. The molecule has 0 spiro atoms. The van der Waals surface area contributed by atoms with Gasteiger partial charge in [0.2, 0.25) is 0 Å². The van der Waals surface area contributed by atoms with Gasteiger partial charge in [-0.2, -0.15) is 5.26 Å². The van der Waals surface area contributed by atoms with Gasteiger partial charge in [-0.05, 0) is 36.5 Å². The summed E-state index contributed by atoms with van der Waals surface area (Å²) in [5.74, 6) is 0.696. The molecule has 2 rings (SSSR count). The van der Waals surface area contributed by atoms with Crippen LogP contribution in [0.1, 0.15) is 43.7 Å². The fourth-order valence-electron chi connectivity index (χ4n) is 2.93. The molecule has 2 amide bonds. The van der Waals surface area contributed by atoms with E-state index in [4.69, 9.17) is 5.26 Å². The number of carbonyl (C=O) groups is 1. The molecule has 1 aromatic carbocycles. The number of hydrogen-bond donors (Lipinski definition) is 1. The summed E-state index contributed by atoms with van der Waals surface area (Å²) in [6.45, 7) is 2.76. The van der Waals surface area contributed by atoms with Gasteiger partial charge in [0.15, 0.2) is 0 Å². The van der Waals surface area contributed by atoms with E-state index in [1.165, 1.54) is 12.8 Å². The van der Waals surface area contributed by atoms with E-state index < -0.39 is 0 Å². The predicted octanol–water partition coefficient (Wildman–Crippen LogP) is 3.28. The lowest BCUT2D eigenvalue weighted by atomic mass is 9.87. The molecule has 2 unspecified atom stereocenters. The van der Waals surface area contributed by atoms with E-state index in [1.54, 1.807) is 18.0 Å². The van der Waals surface area contributed by atoms with Crippen LogP contribution in [0, 0.1) is 17.2 Å². The highest BCUT2D eigenvalue weighted by Crippen LogP contribution is 2.23. The molecule has 2 atom stereocenters. The Hall–Kier alpha value is -2.02. The van der Waals surface area contributed by atoms with Crippen LogP contribution in [0.4, 0.5) is 4.79 Å². The van der Waals surface area contributed by atoms with Gasteiger partial charge in [0.05, 0.1) is 11.6 Å². The minimum atomic E-state index is -0.0311. The van der Waals surface area contributed by atoms with Gasteiger partial charge in [0, 0.05) is 19.6 Å². The Morgan fingerprint density at radius 3 is 3.00 bits per heavy atom. The van der Waals surface area contributed by atoms with Gasteiger partial charge in [-0.3, -0.25) is 0 Å². The smallest absolute Gasteiger partial charge is 0.317 e. The zero-order valence-electron chi connectivity index (χ0n) is 12.8. The maximum absolute atomic E-state index is 12.2. The summed E-state index contributed by atoms with van der Waals surface area (Å²) in [6.07, 6.45) is 4.61. The summed E-state index contributed by atoms with van der Waals surface area (Å²) in [6, 6.07) is 9.77. The molecule has 1 N–H and O–H groups in total. The summed E-state index contributed by atoms with van der Waals surface area (Å²) in [7, 11) is 1.79. The maximum Gasteiger partial charge on any atom is 0.317 e. The second kappa shape index (κ2) is 7.12. The van der Waals surface area contributed by atoms with Crippen LogP contribution in [-0.4, -0.2) is 24.0 Å². The van der Waals surface area contributed by atoms with Crippen LogP contribution in [0.3, 0.4) is 0 Å². The number of amides is 2. The first-order valence-corrected chi connectivity index (χ1v) is 7.59. The molecule has 112 valence electrons. The SMILES string of the molecule is CC1CCCC(NC(=O)N(C)Cc2cccc(C#N)c2)C1.